The van der Waals surface area contributed by atoms with Crippen LogP contribution in [0.25, 0.3) is 22.3 Å². The summed E-state index contributed by atoms with van der Waals surface area (Å²) >= 11 is -5.98. The van der Waals surface area contributed by atoms with Crippen molar-refractivity contribution in [2.75, 3.05) is 0 Å². The summed E-state index contributed by atoms with van der Waals surface area (Å²) < 4.78 is 12.9. The summed E-state index contributed by atoms with van der Waals surface area (Å²) in [5.41, 5.74) is 15.8. The molecule has 6 rings (SSSR count). The molecule has 0 unspecified atom stereocenters. The molecule has 207 valence electrons. The summed E-state index contributed by atoms with van der Waals surface area (Å²) in [7, 11) is 0. The molecule has 0 spiro atoms. The van der Waals surface area contributed by atoms with Crippen LogP contribution < -0.4 is 6.54 Å². The van der Waals surface area contributed by atoms with Crippen molar-refractivity contribution in [3.8, 4) is 22.3 Å². The van der Waals surface area contributed by atoms with Gasteiger partial charge in [-0.2, -0.15) is 0 Å². The van der Waals surface area contributed by atoms with Crippen LogP contribution >= 0.6 is 0 Å². The maximum atomic E-state index is 2.98. The van der Waals surface area contributed by atoms with Gasteiger partial charge >= 0.3 is 249 Å². The van der Waals surface area contributed by atoms with Gasteiger partial charge in [-0.25, -0.2) is 0 Å². The first-order chi connectivity index (χ1) is 19.3. The summed E-state index contributed by atoms with van der Waals surface area (Å²) in [6.45, 7) is 9.80. The van der Waals surface area contributed by atoms with Crippen LogP contribution in [0.2, 0.25) is 18.1 Å². The fourth-order valence-corrected chi connectivity index (χ4v) is 97.5. The van der Waals surface area contributed by atoms with Gasteiger partial charge in [0.1, 0.15) is 0 Å². The average molecular weight is 714 g/mol. The van der Waals surface area contributed by atoms with E-state index in [1.807, 2.05) is 6.54 Å². The fourth-order valence-electron chi connectivity index (χ4n) is 9.24. The predicted octanol–water partition coefficient (Wildman–Crippen LogP) is 9.51. The van der Waals surface area contributed by atoms with Crippen molar-refractivity contribution in [3.63, 3.8) is 0 Å². The standard InChI is InChI=1S/2C14H11.2C4H9.2CH3.Sn.Zr.H/c2*1-10-6-7-14-12(8-10)9-11-4-2-3-5-13(11)14;2*1-3-4-2;;;;;/h2*2-7H,9H2,1H3;2*1,3-4H2,2H3;2*1H3;;;. The van der Waals surface area contributed by atoms with Gasteiger partial charge in [-0.3, -0.25) is 0 Å². The quantitative estimate of drug-likeness (QED) is 0.131. The third-order valence-corrected chi connectivity index (χ3v) is 94.9. The van der Waals surface area contributed by atoms with E-state index in [2.05, 4.69) is 110 Å². The molecule has 2 aliphatic rings. The third-order valence-electron chi connectivity index (χ3n) is 11.0. The monoisotopic (exact) mass is 713 g/mol. The number of rotatable bonds is 9. The zero-order chi connectivity index (χ0) is 28.1. The molecule has 0 atom stereocenters. The maximum absolute atomic E-state index is 3.81. The number of benzene rings is 4. The Labute approximate surface area is 247 Å². The zero-order valence-electron chi connectivity index (χ0n) is 25.7. The van der Waals surface area contributed by atoms with Crippen LogP contribution in [0.15, 0.2) is 72.8 Å². The molecule has 0 N–H and O–H groups in total. The Bertz CT molecular complexity index is 1480. The minimum atomic E-state index is -3.81. The molecule has 2 aliphatic carbocycles. The van der Waals surface area contributed by atoms with E-state index in [1.165, 1.54) is 47.9 Å². The second kappa shape index (κ2) is 11.0. The van der Waals surface area contributed by atoms with Crippen molar-refractivity contribution in [1.29, 1.82) is 0 Å². The van der Waals surface area contributed by atoms with Gasteiger partial charge in [-0.15, -0.1) is 0 Å². The van der Waals surface area contributed by atoms with Gasteiger partial charge in [0.25, 0.3) is 0 Å². The van der Waals surface area contributed by atoms with Gasteiger partial charge in [0.05, 0.1) is 0 Å². The first-order valence-corrected chi connectivity index (χ1v) is 39.1. The van der Waals surface area contributed by atoms with Crippen molar-refractivity contribution in [2.24, 2.45) is 0 Å². The van der Waals surface area contributed by atoms with Crippen molar-refractivity contribution in [2.45, 2.75) is 84.4 Å². The molecule has 2 heteroatoms. The Morgan fingerprint density at radius 1 is 0.575 bits per heavy atom. The number of hydrogen-bond donors (Lipinski definition) is 0. The van der Waals surface area contributed by atoms with E-state index in [0.29, 0.717) is 0 Å². The van der Waals surface area contributed by atoms with Crippen LogP contribution in [-0.4, -0.2) is 15.2 Å². The summed E-state index contributed by atoms with van der Waals surface area (Å²) in [4.78, 5) is 0. The van der Waals surface area contributed by atoms with Crippen molar-refractivity contribution in [3.05, 3.63) is 106 Å². The van der Waals surface area contributed by atoms with E-state index in [-0.39, 0.29) is 0 Å². The van der Waals surface area contributed by atoms with Crippen LogP contribution in [0.5, 0.6) is 0 Å². The molecule has 0 saturated carbocycles. The second-order valence-corrected chi connectivity index (χ2v) is 78.4. The van der Waals surface area contributed by atoms with Crippen LogP contribution in [0, 0.1) is 13.8 Å². The minimum absolute atomic E-state index is 1.13. The first-order valence-electron chi connectivity index (χ1n) is 15.9. The van der Waals surface area contributed by atoms with Crippen LogP contribution in [-0.2, 0) is 27.5 Å². The van der Waals surface area contributed by atoms with Crippen molar-refractivity contribution in [1.82, 2.24) is 0 Å². The second-order valence-electron chi connectivity index (χ2n) is 13.7. The summed E-state index contributed by atoms with van der Waals surface area (Å²) in [6.07, 6.45) is 7.78. The SMILES string of the molecule is CCC[CH2][SnH]([CH2]CCC)[Zr]([CH3])([CH3])([c]1c(C)ccc2c1Cc1ccccc1-2)[c]1c(C)ccc2c1Cc1ccccc1-2. The molecular formula is C38H47SnZr. The molecule has 4 aromatic rings. The van der Waals surface area contributed by atoms with Gasteiger partial charge in [-0.05, 0) is 0 Å². The summed E-state index contributed by atoms with van der Waals surface area (Å²) in [5.74, 6) is 0. The number of hydrogen-bond acceptors (Lipinski definition) is 0. The molecular weight excluding hydrogens is 666 g/mol. The van der Waals surface area contributed by atoms with E-state index in [1.54, 1.807) is 42.3 Å². The molecule has 0 saturated heterocycles. The number of aryl methyl sites for hydroxylation is 2. The summed E-state index contributed by atoms with van der Waals surface area (Å²) in [6, 6.07) is 28.5. The molecule has 0 amide bonds. The molecule has 40 heavy (non-hydrogen) atoms. The topological polar surface area (TPSA) is 0 Å². The van der Waals surface area contributed by atoms with E-state index in [9.17, 15) is 0 Å². The molecule has 0 bridgehead atoms. The van der Waals surface area contributed by atoms with E-state index in [0.717, 1.165) is 12.8 Å². The van der Waals surface area contributed by atoms with Crippen LogP contribution in [0.4, 0.5) is 0 Å². The van der Waals surface area contributed by atoms with Gasteiger partial charge < -0.3 is 0 Å². The normalized spacial score (nSPS) is 14.4. The fraction of sp³-hybridized carbons (Fsp3) is 0.368. The molecule has 0 aliphatic heterocycles. The Morgan fingerprint density at radius 3 is 1.43 bits per heavy atom. The number of unbranched alkanes of at least 4 members (excludes halogenated alkanes) is 2. The van der Waals surface area contributed by atoms with Crippen LogP contribution in [0.1, 0.15) is 72.9 Å². The van der Waals surface area contributed by atoms with Crippen molar-refractivity contribution >= 4 is 21.8 Å². The molecule has 0 radical (unpaired) electrons. The Kier molecular flexibility index (Phi) is 7.88. The van der Waals surface area contributed by atoms with E-state index in [4.69, 9.17) is 0 Å². The molecule has 0 fully saturated rings. The molecule has 0 heterocycles. The van der Waals surface area contributed by atoms with Crippen LogP contribution in [0.3, 0.4) is 0 Å². The summed E-state index contributed by atoms with van der Waals surface area (Å²) in [5, 5.41) is 0. The molecule has 0 aromatic heterocycles. The molecule has 4 aromatic carbocycles. The van der Waals surface area contributed by atoms with Gasteiger partial charge in [-0.1, -0.05) is 0 Å². The van der Waals surface area contributed by atoms with Gasteiger partial charge in [0, 0.05) is 0 Å². The predicted molar refractivity (Wildman–Crippen MR) is 176 cm³/mol. The average Bonchev–Trinajstić information content (AvgIpc) is 3.50. The van der Waals surface area contributed by atoms with Gasteiger partial charge in [0.2, 0.25) is 0 Å². The third kappa shape index (κ3) is 4.40. The Hall–Kier alpha value is -1.44. The number of fused-ring (bicyclic) bond motifs is 6. The zero-order valence-corrected chi connectivity index (χ0v) is 31.4. The Balaban J connectivity index is 1.70. The van der Waals surface area contributed by atoms with Gasteiger partial charge in [0.15, 0.2) is 0 Å². The Morgan fingerprint density at radius 2 is 1.00 bits per heavy atom. The molecule has 0 nitrogen and oxygen atoms in total. The first kappa shape index (κ1) is 28.7. The van der Waals surface area contributed by atoms with Crippen molar-refractivity contribution < 1.29 is 14.6 Å². The van der Waals surface area contributed by atoms with E-state index < -0.39 is 29.8 Å². The van der Waals surface area contributed by atoms with E-state index >= 15 is 0 Å².